The summed E-state index contributed by atoms with van der Waals surface area (Å²) in [5, 5.41) is 4.20. The molecule has 4 aromatic rings. The van der Waals surface area contributed by atoms with Crippen LogP contribution in [0.4, 0.5) is 5.69 Å². The van der Waals surface area contributed by atoms with Gasteiger partial charge in [-0.2, -0.15) is 0 Å². The van der Waals surface area contributed by atoms with Crippen molar-refractivity contribution in [3.63, 3.8) is 0 Å². The number of fused-ring (bicyclic) bond motifs is 1. The van der Waals surface area contributed by atoms with E-state index < -0.39 is 0 Å². The lowest BCUT2D eigenvalue weighted by Crippen LogP contribution is -2.22. The third kappa shape index (κ3) is 4.86. The minimum Gasteiger partial charge on any atom is -0.324 e. The maximum Gasteiger partial charge on any atom is 0.267 e. The Bertz CT molecular complexity index is 1390. The van der Waals surface area contributed by atoms with Crippen molar-refractivity contribution in [3.8, 4) is 5.69 Å². The molecule has 0 saturated carbocycles. The molecule has 0 fully saturated rings. The van der Waals surface area contributed by atoms with E-state index in [1.807, 2.05) is 24.3 Å². The number of rotatable bonds is 5. The SMILES string of the molecule is Cc1nc2cccc(Cl)c2c(=O)n1-c1ccc(SCC(=O)Nc2ccc(Cl)cc2Br)cc1. The van der Waals surface area contributed by atoms with Crippen LogP contribution in [-0.4, -0.2) is 21.2 Å². The molecule has 0 unspecified atom stereocenters. The molecule has 9 heteroatoms. The van der Waals surface area contributed by atoms with Crippen LogP contribution in [0.1, 0.15) is 5.82 Å². The van der Waals surface area contributed by atoms with Crippen LogP contribution in [0.2, 0.25) is 10.0 Å². The number of halogens is 3. The molecule has 1 aromatic heterocycles. The number of anilines is 1. The highest BCUT2D eigenvalue weighted by Gasteiger charge is 2.13. The minimum atomic E-state index is -0.216. The van der Waals surface area contributed by atoms with Crippen LogP contribution < -0.4 is 10.9 Å². The second-order valence-corrected chi connectivity index (χ2v) is 9.64. The zero-order valence-electron chi connectivity index (χ0n) is 16.7. The standard InChI is InChI=1S/C23H16BrCl2N3O2S/c1-13-27-20-4-2-3-18(26)22(20)23(31)29(13)15-6-8-16(9-7-15)32-12-21(30)28-19-10-5-14(25)11-17(19)24/h2-11H,12H2,1H3,(H,28,30). The van der Waals surface area contributed by atoms with E-state index in [2.05, 4.69) is 26.2 Å². The Morgan fingerprint density at radius 2 is 1.88 bits per heavy atom. The maximum atomic E-state index is 13.1. The number of nitrogens with one attached hydrogen (secondary N) is 1. The van der Waals surface area contributed by atoms with E-state index in [1.54, 1.807) is 43.3 Å². The number of aromatic nitrogens is 2. The summed E-state index contributed by atoms with van der Waals surface area (Å²) in [4.78, 5) is 30.8. The van der Waals surface area contributed by atoms with Crippen LogP contribution in [0.3, 0.4) is 0 Å². The van der Waals surface area contributed by atoms with E-state index in [0.29, 0.717) is 38.1 Å². The molecule has 1 amide bonds. The topological polar surface area (TPSA) is 64.0 Å². The summed E-state index contributed by atoms with van der Waals surface area (Å²) in [7, 11) is 0. The van der Waals surface area contributed by atoms with Gasteiger partial charge in [-0.3, -0.25) is 14.2 Å². The maximum absolute atomic E-state index is 13.1. The molecule has 5 nitrogen and oxygen atoms in total. The van der Waals surface area contributed by atoms with Crippen molar-refractivity contribution in [2.45, 2.75) is 11.8 Å². The first-order chi connectivity index (χ1) is 15.3. The largest absolute Gasteiger partial charge is 0.324 e. The van der Waals surface area contributed by atoms with Gasteiger partial charge in [-0.15, -0.1) is 11.8 Å². The van der Waals surface area contributed by atoms with Crippen LogP contribution in [-0.2, 0) is 4.79 Å². The van der Waals surface area contributed by atoms with Crippen molar-refractivity contribution in [1.82, 2.24) is 9.55 Å². The van der Waals surface area contributed by atoms with Gasteiger partial charge in [-0.05, 0) is 77.5 Å². The summed E-state index contributed by atoms with van der Waals surface area (Å²) in [5.74, 6) is 0.668. The Hall–Kier alpha value is -2.32. The third-order valence-corrected chi connectivity index (χ3v) is 6.90. The van der Waals surface area contributed by atoms with E-state index >= 15 is 0 Å². The molecule has 0 aliphatic carbocycles. The molecule has 3 aromatic carbocycles. The van der Waals surface area contributed by atoms with Crippen LogP contribution in [0.15, 0.2) is 74.8 Å². The minimum absolute atomic E-state index is 0.137. The van der Waals surface area contributed by atoms with Crippen molar-refractivity contribution in [3.05, 3.63) is 91.4 Å². The van der Waals surface area contributed by atoms with Gasteiger partial charge in [0.15, 0.2) is 0 Å². The van der Waals surface area contributed by atoms with Gasteiger partial charge in [0.1, 0.15) is 5.82 Å². The van der Waals surface area contributed by atoms with E-state index in [1.165, 1.54) is 16.3 Å². The van der Waals surface area contributed by atoms with Gasteiger partial charge < -0.3 is 5.32 Å². The molecule has 1 heterocycles. The van der Waals surface area contributed by atoms with Crippen LogP contribution >= 0.6 is 50.9 Å². The van der Waals surface area contributed by atoms with Gasteiger partial charge in [0, 0.05) is 14.4 Å². The van der Waals surface area contributed by atoms with Gasteiger partial charge in [0.2, 0.25) is 5.91 Å². The van der Waals surface area contributed by atoms with Crippen molar-refractivity contribution in [2.75, 3.05) is 11.1 Å². The Kier molecular flexibility index (Phi) is 6.90. The van der Waals surface area contributed by atoms with Gasteiger partial charge in [-0.25, -0.2) is 4.98 Å². The number of aryl methyl sites for hydroxylation is 1. The number of hydrogen-bond acceptors (Lipinski definition) is 4. The fourth-order valence-electron chi connectivity index (χ4n) is 3.22. The Balaban J connectivity index is 1.50. The van der Waals surface area contributed by atoms with Crippen molar-refractivity contribution >= 4 is 73.4 Å². The molecule has 0 saturated heterocycles. The fourth-order valence-corrected chi connectivity index (χ4v) is 4.95. The predicted molar refractivity (Wildman–Crippen MR) is 136 cm³/mol. The molecule has 0 radical (unpaired) electrons. The first-order valence-corrected chi connectivity index (χ1v) is 12.0. The molecule has 0 bridgehead atoms. The molecule has 0 aliphatic rings. The molecule has 0 atom stereocenters. The molecule has 0 aliphatic heterocycles. The number of benzene rings is 3. The normalized spacial score (nSPS) is 11.0. The Morgan fingerprint density at radius 3 is 2.59 bits per heavy atom. The molecular formula is C23H16BrCl2N3O2S. The lowest BCUT2D eigenvalue weighted by atomic mass is 10.2. The fraction of sp³-hybridized carbons (Fsp3) is 0.0870. The highest BCUT2D eigenvalue weighted by atomic mass is 79.9. The first-order valence-electron chi connectivity index (χ1n) is 9.49. The first kappa shape index (κ1) is 22.9. The molecule has 162 valence electrons. The predicted octanol–water partition coefficient (Wildman–Crippen LogP) is 6.49. The second kappa shape index (κ2) is 9.67. The monoisotopic (exact) mass is 547 g/mol. The Morgan fingerprint density at radius 1 is 1.12 bits per heavy atom. The molecule has 32 heavy (non-hydrogen) atoms. The van der Waals surface area contributed by atoms with E-state index in [0.717, 1.165) is 9.37 Å². The smallest absolute Gasteiger partial charge is 0.267 e. The number of carbonyl (C=O) groups is 1. The number of carbonyl (C=O) groups excluding carboxylic acids is 1. The van der Waals surface area contributed by atoms with Crippen molar-refractivity contribution in [1.29, 1.82) is 0 Å². The average Bonchev–Trinajstić information content (AvgIpc) is 2.75. The van der Waals surface area contributed by atoms with Crippen molar-refractivity contribution < 1.29 is 4.79 Å². The molecule has 0 spiro atoms. The number of hydrogen-bond donors (Lipinski definition) is 1. The van der Waals surface area contributed by atoms with Crippen LogP contribution in [0.25, 0.3) is 16.6 Å². The summed E-state index contributed by atoms with van der Waals surface area (Å²) in [6.45, 7) is 1.78. The zero-order valence-corrected chi connectivity index (χ0v) is 20.6. The van der Waals surface area contributed by atoms with Gasteiger partial charge in [0.25, 0.3) is 5.56 Å². The summed E-state index contributed by atoms with van der Waals surface area (Å²) in [6.07, 6.45) is 0. The third-order valence-electron chi connectivity index (χ3n) is 4.68. The number of nitrogens with zero attached hydrogens (tertiary/aromatic N) is 2. The van der Waals surface area contributed by atoms with Gasteiger partial charge in [0.05, 0.1) is 33.1 Å². The summed E-state index contributed by atoms with van der Waals surface area (Å²) >= 11 is 17.0. The van der Waals surface area contributed by atoms with Crippen molar-refractivity contribution in [2.24, 2.45) is 0 Å². The summed E-state index contributed by atoms with van der Waals surface area (Å²) in [6, 6.07) is 17.8. The summed E-state index contributed by atoms with van der Waals surface area (Å²) in [5.41, 5.74) is 1.70. The van der Waals surface area contributed by atoms with E-state index in [-0.39, 0.29) is 17.2 Å². The lowest BCUT2D eigenvalue weighted by molar-refractivity contribution is -0.113. The van der Waals surface area contributed by atoms with E-state index in [9.17, 15) is 9.59 Å². The number of thioether (sulfide) groups is 1. The zero-order chi connectivity index (χ0) is 22.8. The second-order valence-electron chi connectivity index (χ2n) is 6.89. The van der Waals surface area contributed by atoms with Crippen LogP contribution in [0, 0.1) is 6.92 Å². The summed E-state index contributed by atoms with van der Waals surface area (Å²) < 4.78 is 2.26. The van der Waals surface area contributed by atoms with E-state index in [4.69, 9.17) is 23.2 Å². The molecule has 1 N–H and O–H groups in total. The Labute approximate surface area is 206 Å². The van der Waals surface area contributed by atoms with Gasteiger partial charge in [-0.1, -0.05) is 29.3 Å². The van der Waals surface area contributed by atoms with Gasteiger partial charge >= 0.3 is 0 Å². The lowest BCUT2D eigenvalue weighted by Gasteiger charge is -2.12. The number of amides is 1. The quantitative estimate of drug-likeness (QED) is 0.289. The molecule has 4 rings (SSSR count). The average molecular weight is 549 g/mol. The molecular weight excluding hydrogens is 533 g/mol. The highest BCUT2D eigenvalue weighted by molar-refractivity contribution is 9.10. The van der Waals surface area contributed by atoms with Crippen LogP contribution in [0.5, 0.6) is 0 Å². The highest BCUT2D eigenvalue weighted by Crippen LogP contribution is 2.27.